The third-order valence-corrected chi connectivity index (χ3v) is 2.14. The molecule has 1 aromatic rings. The molecule has 0 saturated carbocycles. The monoisotopic (exact) mass is 236 g/mol. The zero-order chi connectivity index (χ0) is 13.4. The maximum Gasteiger partial charge on any atom is 0.408 e. The van der Waals surface area contributed by atoms with Crippen molar-refractivity contribution in [3.05, 3.63) is 35.9 Å². The lowest BCUT2D eigenvalue weighted by molar-refractivity contribution is -0.109. The van der Waals surface area contributed by atoms with E-state index in [0.29, 0.717) is 12.7 Å². The van der Waals surface area contributed by atoms with Gasteiger partial charge in [0, 0.05) is 0 Å². The number of ether oxygens (including phenoxy) is 1. The van der Waals surface area contributed by atoms with Gasteiger partial charge in [-0.25, -0.2) is 4.79 Å². The van der Waals surface area contributed by atoms with Crippen molar-refractivity contribution < 1.29 is 15.7 Å². The van der Waals surface area contributed by atoms with E-state index in [1.165, 1.54) is 0 Å². The fourth-order valence-corrected chi connectivity index (χ4v) is 1.31. The SMILES string of the molecule is [2H][C@@](C=O)(CCC)NC(=O)OCc1ccccc1. The molecule has 1 aromatic carbocycles. The van der Waals surface area contributed by atoms with Gasteiger partial charge in [-0.05, 0) is 12.0 Å². The Kier molecular flexibility index (Phi) is 5.09. The number of carbonyl (C=O) groups excluding carboxylic acids is 2. The summed E-state index contributed by atoms with van der Waals surface area (Å²) in [5.74, 6) is 0. The fraction of sp³-hybridized carbons (Fsp3) is 0.385. The van der Waals surface area contributed by atoms with E-state index in [2.05, 4.69) is 5.32 Å². The van der Waals surface area contributed by atoms with Gasteiger partial charge in [0.1, 0.15) is 12.9 Å². The van der Waals surface area contributed by atoms with E-state index in [-0.39, 0.29) is 13.0 Å². The van der Waals surface area contributed by atoms with Crippen LogP contribution in [-0.4, -0.2) is 18.4 Å². The van der Waals surface area contributed by atoms with Crippen LogP contribution in [0.5, 0.6) is 0 Å². The Bertz CT molecular complexity index is 396. The predicted octanol–water partition coefficient (Wildman–Crippen LogP) is 2.28. The van der Waals surface area contributed by atoms with Crippen LogP contribution in [0.25, 0.3) is 0 Å². The summed E-state index contributed by atoms with van der Waals surface area (Å²) in [7, 11) is 0. The first-order valence-electron chi connectivity index (χ1n) is 6.05. The average molecular weight is 236 g/mol. The molecular formula is C13H17NO3. The molecule has 4 heteroatoms. The molecule has 1 rings (SSSR count). The van der Waals surface area contributed by atoms with Gasteiger partial charge in [-0.15, -0.1) is 0 Å². The highest BCUT2D eigenvalue weighted by molar-refractivity contribution is 5.73. The molecule has 0 aliphatic carbocycles. The van der Waals surface area contributed by atoms with Crippen molar-refractivity contribution in [1.29, 1.82) is 0 Å². The minimum absolute atomic E-state index is 0.119. The summed E-state index contributed by atoms with van der Waals surface area (Å²) in [6, 6.07) is 7.61. The summed E-state index contributed by atoms with van der Waals surface area (Å²) in [6.07, 6.45) is 0.549. The van der Waals surface area contributed by atoms with E-state index in [4.69, 9.17) is 6.11 Å². The van der Waals surface area contributed by atoms with Crippen molar-refractivity contribution in [3.63, 3.8) is 0 Å². The van der Waals surface area contributed by atoms with Crippen molar-refractivity contribution in [2.45, 2.75) is 32.4 Å². The number of hydrogen-bond acceptors (Lipinski definition) is 3. The van der Waals surface area contributed by atoms with Gasteiger partial charge in [0.05, 0.1) is 7.39 Å². The molecule has 4 nitrogen and oxygen atoms in total. The van der Waals surface area contributed by atoms with Crippen LogP contribution >= 0.6 is 0 Å². The van der Waals surface area contributed by atoms with Crippen LogP contribution in [0.1, 0.15) is 26.7 Å². The Labute approximate surface area is 102 Å². The first-order chi connectivity index (χ1) is 8.59. The van der Waals surface area contributed by atoms with Gasteiger partial charge in [-0.3, -0.25) is 0 Å². The minimum atomic E-state index is -1.59. The number of nitrogens with one attached hydrogen (secondary N) is 1. The van der Waals surface area contributed by atoms with E-state index >= 15 is 0 Å². The smallest absolute Gasteiger partial charge is 0.408 e. The van der Waals surface area contributed by atoms with Crippen LogP contribution < -0.4 is 5.32 Å². The van der Waals surface area contributed by atoms with Crippen molar-refractivity contribution in [1.82, 2.24) is 5.32 Å². The number of aldehydes is 1. The van der Waals surface area contributed by atoms with Gasteiger partial charge >= 0.3 is 6.09 Å². The standard InChI is InChI=1S/C13H17NO3/c1-2-6-12(9-15)14-13(16)17-10-11-7-4-3-5-8-11/h3-5,7-9,12H,2,6,10H2,1H3,(H,14,16)/t12-/m0/s1/i12D. The molecule has 0 heterocycles. The summed E-state index contributed by atoms with van der Waals surface area (Å²) < 4.78 is 12.6. The Morgan fingerprint density at radius 3 is 2.82 bits per heavy atom. The number of hydrogen-bond donors (Lipinski definition) is 1. The first kappa shape index (κ1) is 11.6. The largest absolute Gasteiger partial charge is 0.445 e. The lowest BCUT2D eigenvalue weighted by Crippen LogP contribution is -2.36. The Balaban J connectivity index is 2.44. The molecule has 0 spiro atoms. The molecule has 0 aromatic heterocycles. The summed E-state index contributed by atoms with van der Waals surface area (Å²) >= 11 is 0. The zero-order valence-corrected chi connectivity index (χ0v) is 9.81. The van der Waals surface area contributed by atoms with E-state index in [0.717, 1.165) is 5.56 Å². The Morgan fingerprint density at radius 1 is 1.53 bits per heavy atom. The highest BCUT2D eigenvalue weighted by Gasteiger charge is 2.10. The number of rotatable bonds is 6. The van der Waals surface area contributed by atoms with Crippen LogP contribution in [0.15, 0.2) is 30.3 Å². The molecule has 0 unspecified atom stereocenters. The van der Waals surface area contributed by atoms with Gasteiger partial charge in [0.15, 0.2) is 0 Å². The van der Waals surface area contributed by atoms with Gasteiger partial charge in [-0.2, -0.15) is 0 Å². The van der Waals surface area contributed by atoms with Crippen molar-refractivity contribution in [3.8, 4) is 0 Å². The molecule has 92 valence electrons. The Morgan fingerprint density at radius 2 is 2.24 bits per heavy atom. The fourth-order valence-electron chi connectivity index (χ4n) is 1.31. The molecular weight excluding hydrogens is 218 g/mol. The van der Waals surface area contributed by atoms with Gasteiger partial charge in [0.25, 0.3) is 0 Å². The quantitative estimate of drug-likeness (QED) is 0.771. The maximum absolute atomic E-state index is 11.5. The van der Waals surface area contributed by atoms with Crippen LogP contribution in [0, 0.1) is 0 Å². The topological polar surface area (TPSA) is 55.4 Å². The average Bonchev–Trinajstić information content (AvgIpc) is 2.38. The van der Waals surface area contributed by atoms with Gasteiger partial charge in [0.2, 0.25) is 0 Å². The number of alkyl carbamates (subject to hydrolysis) is 1. The van der Waals surface area contributed by atoms with E-state index in [9.17, 15) is 9.59 Å². The van der Waals surface area contributed by atoms with Gasteiger partial charge < -0.3 is 14.8 Å². The summed E-state index contributed by atoms with van der Waals surface area (Å²) in [5.41, 5.74) is 0.852. The normalized spacial score (nSPS) is 14.3. The molecule has 1 amide bonds. The molecule has 0 fully saturated rings. The second-order valence-corrected chi connectivity index (χ2v) is 3.58. The molecule has 17 heavy (non-hydrogen) atoms. The first-order valence-corrected chi connectivity index (χ1v) is 5.55. The molecule has 0 aliphatic heterocycles. The number of carbonyl (C=O) groups is 2. The van der Waals surface area contributed by atoms with Crippen LogP contribution in [-0.2, 0) is 16.1 Å². The highest BCUT2D eigenvalue weighted by Crippen LogP contribution is 2.01. The zero-order valence-electron chi connectivity index (χ0n) is 10.8. The molecule has 1 N–H and O–H groups in total. The highest BCUT2D eigenvalue weighted by atomic mass is 16.5. The lowest BCUT2D eigenvalue weighted by atomic mass is 10.2. The van der Waals surface area contributed by atoms with Crippen molar-refractivity contribution >= 4 is 12.4 Å². The van der Waals surface area contributed by atoms with Crippen molar-refractivity contribution in [2.24, 2.45) is 0 Å². The van der Waals surface area contributed by atoms with Gasteiger partial charge in [-0.1, -0.05) is 43.7 Å². The molecule has 0 bridgehead atoms. The third-order valence-electron chi connectivity index (χ3n) is 2.14. The van der Waals surface area contributed by atoms with Crippen molar-refractivity contribution in [2.75, 3.05) is 0 Å². The number of benzene rings is 1. The second kappa shape index (κ2) is 7.44. The molecule has 0 saturated heterocycles. The molecule has 0 aliphatic rings. The number of amides is 1. The summed E-state index contributed by atoms with van der Waals surface area (Å²) in [6.45, 7) is 1.96. The maximum atomic E-state index is 11.5. The summed E-state index contributed by atoms with van der Waals surface area (Å²) in [5, 5.41) is 2.25. The molecule has 0 radical (unpaired) electrons. The van der Waals surface area contributed by atoms with Crippen LogP contribution in [0.4, 0.5) is 4.79 Å². The van der Waals surface area contributed by atoms with E-state index in [1.807, 2.05) is 37.3 Å². The van der Waals surface area contributed by atoms with E-state index in [1.54, 1.807) is 0 Å². The molecule has 1 atom stereocenters. The minimum Gasteiger partial charge on any atom is -0.445 e. The predicted molar refractivity (Wildman–Crippen MR) is 64.5 cm³/mol. The van der Waals surface area contributed by atoms with Crippen LogP contribution in [0.3, 0.4) is 0 Å². The third kappa shape index (κ3) is 5.15. The Hall–Kier alpha value is -1.84. The van der Waals surface area contributed by atoms with Crippen LogP contribution in [0.2, 0.25) is 0 Å². The lowest BCUT2D eigenvalue weighted by Gasteiger charge is -2.11. The summed E-state index contributed by atoms with van der Waals surface area (Å²) in [4.78, 5) is 22.2. The van der Waals surface area contributed by atoms with E-state index < -0.39 is 12.1 Å². The second-order valence-electron chi connectivity index (χ2n) is 3.58.